The lowest BCUT2D eigenvalue weighted by Gasteiger charge is -2.17. The van der Waals surface area contributed by atoms with E-state index >= 15 is 0 Å². The molecule has 7 heteroatoms. The van der Waals surface area contributed by atoms with Crippen molar-refractivity contribution in [2.45, 2.75) is 18.7 Å². The van der Waals surface area contributed by atoms with E-state index in [4.69, 9.17) is 9.84 Å². The number of aliphatic carboxylic acids is 1. The van der Waals surface area contributed by atoms with Crippen molar-refractivity contribution in [2.75, 3.05) is 6.61 Å². The van der Waals surface area contributed by atoms with E-state index in [2.05, 4.69) is 0 Å². The van der Waals surface area contributed by atoms with Gasteiger partial charge in [0.05, 0.1) is 17.6 Å². The van der Waals surface area contributed by atoms with Gasteiger partial charge in [-0.3, -0.25) is 4.79 Å². The van der Waals surface area contributed by atoms with Crippen molar-refractivity contribution in [3.05, 3.63) is 35.1 Å². The molecule has 0 saturated carbocycles. The van der Waals surface area contributed by atoms with Crippen molar-refractivity contribution in [1.29, 1.82) is 0 Å². The Bertz CT molecular complexity index is 498. The molecule has 2 rings (SSSR count). The van der Waals surface area contributed by atoms with E-state index in [-0.39, 0.29) is 18.6 Å². The number of ether oxygens (including phenoxy) is 1. The maximum atomic E-state index is 13.1. The SMILES string of the molecule is O=C(O)C1CCOC1c1ccc(F)c(C(F)(F)F)c1. The van der Waals surface area contributed by atoms with Gasteiger partial charge in [-0.05, 0) is 24.1 Å². The first kappa shape index (κ1) is 13.8. The molecule has 1 aliphatic rings. The van der Waals surface area contributed by atoms with Crippen LogP contribution in [0, 0.1) is 11.7 Å². The highest BCUT2D eigenvalue weighted by atomic mass is 19.4. The number of carboxylic acid groups (broad SMARTS) is 1. The molecule has 1 aromatic carbocycles. The third kappa shape index (κ3) is 2.70. The van der Waals surface area contributed by atoms with Crippen LogP contribution in [-0.2, 0) is 15.7 Å². The Kier molecular flexibility index (Phi) is 3.49. The lowest BCUT2D eigenvalue weighted by Crippen LogP contribution is -2.18. The van der Waals surface area contributed by atoms with E-state index in [1.54, 1.807) is 0 Å². The standard InChI is InChI=1S/C12H10F4O3/c13-9-2-1-6(5-8(9)12(14,15)16)10-7(11(17)18)3-4-19-10/h1-2,5,7,10H,3-4H2,(H,17,18). The third-order valence-corrected chi connectivity index (χ3v) is 3.03. The smallest absolute Gasteiger partial charge is 0.419 e. The van der Waals surface area contributed by atoms with E-state index in [0.717, 1.165) is 6.07 Å². The van der Waals surface area contributed by atoms with Crippen LogP contribution in [-0.4, -0.2) is 17.7 Å². The molecule has 0 radical (unpaired) electrons. The second-order valence-electron chi connectivity index (χ2n) is 4.26. The molecule has 0 spiro atoms. The number of carboxylic acids is 1. The minimum absolute atomic E-state index is 0.0265. The minimum Gasteiger partial charge on any atom is -0.481 e. The maximum absolute atomic E-state index is 13.1. The van der Waals surface area contributed by atoms with E-state index in [1.807, 2.05) is 0 Å². The summed E-state index contributed by atoms with van der Waals surface area (Å²) in [5.74, 6) is -3.44. The van der Waals surface area contributed by atoms with Crippen molar-refractivity contribution >= 4 is 5.97 Å². The summed E-state index contributed by atoms with van der Waals surface area (Å²) in [5.41, 5.74) is -1.39. The van der Waals surface area contributed by atoms with Crippen molar-refractivity contribution in [3.8, 4) is 0 Å². The Morgan fingerprint density at radius 3 is 2.63 bits per heavy atom. The van der Waals surface area contributed by atoms with E-state index in [0.29, 0.717) is 12.1 Å². The summed E-state index contributed by atoms with van der Waals surface area (Å²) >= 11 is 0. The van der Waals surface area contributed by atoms with Gasteiger partial charge >= 0.3 is 12.1 Å². The molecule has 19 heavy (non-hydrogen) atoms. The lowest BCUT2D eigenvalue weighted by atomic mass is 9.94. The normalized spacial score (nSPS) is 23.6. The van der Waals surface area contributed by atoms with Gasteiger partial charge in [-0.2, -0.15) is 13.2 Å². The van der Waals surface area contributed by atoms with Crippen molar-refractivity contribution in [3.63, 3.8) is 0 Å². The van der Waals surface area contributed by atoms with Crippen LogP contribution in [0.2, 0.25) is 0 Å². The zero-order valence-electron chi connectivity index (χ0n) is 9.58. The average molecular weight is 278 g/mol. The van der Waals surface area contributed by atoms with Gasteiger partial charge in [0.15, 0.2) is 0 Å². The average Bonchev–Trinajstić information content (AvgIpc) is 2.77. The second-order valence-corrected chi connectivity index (χ2v) is 4.26. The second kappa shape index (κ2) is 4.80. The first-order valence-corrected chi connectivity index (χ1v) is 5.52. The van der Waals surface area contributed by atoms with Gasteiger partial charge in [-0.1, -0.05) is 6.07 Å². The molecule has 2 unspecified atom stereocenters. The highest BCUT2D eigenvalue weighted by Crippen LogP contribution is 2.38. The Balaban J connectivity index is 2.38. The van der Waals surface area contributed by atoms with Gasteiger partial charge in [0.2, 0.25) is 0 Å². The van der Waals surface area contributed by atoms with Gasteiger partial charge in [-0.25, -0.2) is 4.39 Å². The van der Waals surface area contributed by atoms with Gasteiger partial charge in [0.1, 0.15) is 5.82 Å². The molecule has 0 aromatic heterocycles. The number of alkyl halides is 3. The largest absolute Gasteiger partial charge is 0.481 e. The highest BCUT2D eigenvalue weighted by Gasteiger charge is 2.38. The fraction of sp³-hybridized carbons (Fsp3) is 0.417. The van der Waals surface area contributed by atoms with Crippen LogP contribution in [0.4, 0.5) is 17.6 Å². The molecule has 0 amide bonds. The van der Waals surface area contributed by atoms with Gasteiger partial charge in [0, 0.05) is 6.61 Å². The van der Waals surface area contributed by atoms with Gasteiger partial charge in [0.25, 0.3) is 0 Å². The number of carbonyl (C=O) groups is 1. The molecule has 2 atom stereocenters. The first-order chi connectivity index (χ1) is 8.80. The Morgan fingerprint density at radius 1 is 1.37 bits per heavy atom. The summed E-state index contributed by atoms with van der Waals surface area (Å²) in [6.07, 6.45) is -5.57. The Hall–Kier alpha value is -1.63. The predicted octanol–water partition coefficient (Wildman–Crippen LogP) is 3.01. The number of rotatable bonds is 2. The van der Waals surface area contributed by atoms with Crippen LogP contribution >= 0.6 is 0 Å². The number of hydrogen-bond donors (Lipinski definition) is 1. The van der Waals surface area contributed by atoms with Crippen LogP contribution in [0.5, 0.6) is 0 Å². The van der Waals surface area contributed by atoms with E-state index in [9.17, 15) is 22.4 Å². The van der Waals surface area contributed by atoms with E-state index < -0.39 is 35.5 Å². The van der Waals surface area contributed by atoms with Crippen LogP contribution in [0.3, 0.4) is 0 Å². The molecule has 1 aromatic rings. The predicted molar refractivity (Wildman–Crippen MR) is 55.8 cm³/mol. The van der Waals surface area contributed by atoms with Crippen LogP contribution in [0.25, 0.3) is 0 Å². The summed E-state index contributed by atoms with van der Waals surface area (Å²) in [4.78, 5) is 11.0. The molecule has 1 saturated heterocycles. The summed E-state index contributed by atoms with van der Waals surface area (Å²) < 4.78 is 56.0. The summed E-state index contributed by atoms with van der Waals surface area (Å²) in [6, 6.07) is 2.41. The molecule has 1 heterocycles. The maximum Gasteiger partial charge on any atom is 0.419 e. The Morgan fingerprint density at radius 2 is 2.05 bits per heavy atom. The summed E-state index contributed by atoms with van der Waals surface area (Å²) in [6.45, 7) is 0.153. The molecular weight excluding hydrogens is 268 g/mol. The van der Waals surface area contributed by atoms with Crippen molar-refractivity contribution in [2.24, 2.45) is 5.92 Å². The lowest BCUT2D eigenvalue weighted by molar-refractivity contribution is -0.143. The topological polar surface area (TPSA) is 46.5 Å². The van der Waals surface area contributed by atoms with Crippen LogP contribution in [0.15, 0.2) is 18.2 Å². The molecule has 1 aliphatic heterocycles. The quantitative estimate of drug-likeness (QED) is 0.846. The summed E-state index contributed by atoms with van der Waals surface area (Å²) in [7, 11) is 0. The third-order valence-electron chi connectivity index (χ3n) is 3.03. The molecule has 1 fully saturated rings. The van der Waals surface area contributed by atoms with Crippen molar-refractivity contribution < 1.29 is 32.2 Å². The fourth-order valence-electron chi connectivity index (χ4n) is 2.11. The molecule has 1 N–H and O–H groups in total. The van der Waals surface area contributed by atoms with Crippen LogP contribution < -0.4 is 0 Å². The number of hydrogen-bond acceptors (Lipinski definition) is 2. The zero-order chi connectivity index (χ0) is 14.2. The zero-order valence-corrected chi connectivity index (χ0v) is 9.58. The fourth-order valence-corrected chi connectivity index (χ4v) is 2.11. The molecule has 104 valence electrons. The number of halogens is 4. The van der Waals surface area contributed by atoms with Gasteiger partial charge < -0.3 is 9.84 Å². The minimum atomic E-state index is -4.82. The van der Waals surface area contributed by atoms with Crippen LogP contribution in [0.1, 0.15) is 23.7 Å². The van der Waals surface area contributed by atoms with E-state index in [1.165, 1.54) is 0 Å². The van der Waals surface area contributed by atoms with Gasteiger partial charge in [-0.15, -0.1) is 0 Å². The first-order valence-electron chi connectivity index (χ1n) is 5.52. The monoisotopic (exact) mass is 278 g/mol. The molecule has 3 nitrogen and oxygen atoms in total. The molecule has 0 bridgehead atoms. The number of benzene rings is 1. The Labute approximate surface area is 105 Å². The molecular formula is C12H10F4O3. The highest BCUT2D eigenvalue weighted by molar-refractivity contribution is 5.71. The molecule has 0 aliphatic carbocycles. The van der Waals surface area contributed by atoms with Crippen molar-refractivity contribution in [1.82, 2.24) is 0 Å². The summed E-state index contributed by atoms with van der Waals surface area (Å²) in [5, 5.41) is 8.95.